The van der Waals surface area contributed by atoms with Gasteiger partial charge < -0.3 is 15.8 Å². The minimum absolute atomic E-state index is 0.703. The number of benzene rings is 1. The van der Waals surface area contributed by atoms with Gasteiger partial charge in [-0.05, 0) is 11.6 Å². The number of hydrogen-bond donors (Lipinski definition) is 1. The number of hydrazine groups is 1. The molecule has 0 radical (unpaired) electrons. The average Bonchev–Trinajstić information content (AvgIpc) is 2.61. The summed E-state index contributed by atoms with van der Waals surface area (Å²) in [5, 5.41) is 14.0. The van der Waals surface area contributed by atoms with E-state index in [4.69, 9.17) is 0 Å². The Bertz CT molecular complexity index is 453. The molecule has 2 aliphatic rings. The number of hydrogen-bond acceptors (Lipinski definition) is 4. The SMILES string of the molecule is [O-]N1NC=C2C1=CSc1ccccc12. The van der Waals surface area contributed by atoms with Gasteiger partial charge in [-0.2, -0.15) is 0 Å². The molecule has 1 aromatic rings. The highest BCUT2D eigenvalue weighted by atomic mass is 32.2. The molecule has 14 heavy (non-hydrogen) atoms. The highest BCUT2D eigenvalue weighted by Crippen LogP contribution is 2.41. The zero-order valence-electron chi connectivity index (χ0n) is 7.23. The molecule has 0 atom stereocenters. The van der Waals surface area contributed by atoms with Crippen molar-refractivity contribution in [2.75, 3.05) is 0 Å². The van der Waals surface area contributed by atoms with Crippen LogP contribution in [0.3, 0.4) is 0 Å². The number of hydroxylamine groups is 1. The van der Waals surface area contributed by atoms with Crippen LogP contribution in [0.5, 0.6) is 0 Å². The maximum absolute atomic E-state index is 11.3. The maximum Gasteiger partial charge on any atom is 0.0611 e. The molecule has 0 saturated carbocycles. The van der Waals surface area contributed by atoms with Crippen LogP contribution >= 0.6 is 11.8 Å². The fourth-order valence-electron chi connectivity index (χ4n) is 1.61. The lowest BCUT2D eigenvalue weighted by Crippen LogP contribution is -2.21. The van der Waals surface area contributed by atoms with Gasteiger partial charge >= 0.3 is 0 Å². The Morgan fingerprint density at radius 2 is 2.14 bits per heavy atom. The third-order valence-electron chi connectivity index (χ3n) is 2.30. The second-order valence-corrected chi connectivity index (χ2v) is 4.01. The molecule has 2 aliphatic heterocycles. The van der Waals surface area contributed by atoms with E-state index in [0.717, 1.165) is 16.3 Å². The Kier molecular flexibility index (Phi) is 1.59. The van der Waals surface area contributed by atoms with E-state index < -0.39 is 0 Å². The molecule has 2 heterocycles. The van der Waals surface area contributed by atoms with E-state index in [1.54, 1.807) is 18.0 Å². The molecule has 70 valence electrons. The maximum atomic E-state index is 11.3. The number of allylic oxidation sites excluding steroid dienone is 1. The van der Waals surface area contributed by atoms with Gasteiger partial charge in [0.05, 0.1) is 5.70 Å². The fourth-order valence-corrected chi connectivity index (χ4v) is 2.54. The Labute approximate surface area is 85.7 Å². The van der Waals surface area contributed by atoms with Crippen LogP contribution in [0.1, 0.15) is 5.56 Å². The van der Waals surface area contributed by atoms with Crippen molar-refractivity contribution < 1.29 is 0 Å². The quantitative estimate of drug-likeness (QED) is 0.702. The zero-order chi connectivity index (χ0) is 9.54. The molecule has 1 aromatic carbocycles. The van der Waals surface area contributed by atoms with E-state index in [1.807, 2.05) is 23.6 Å². The molecule has 0 saturated heterocycles. The van der Waals surface area contributed by atoms with Crippen molar-refractivity contribution in [2.24, 2.45) is 0 Å². The van der Waals surface area contributed by atoms with Gasteiger partial charge in [0.15, 0.2) is 0 Å². The van der Waals surface area contributed by atoms with E-state index in [1.165, 1.54) is 4.90 Å². The van der Waals surface area contributed by atoms with E-state index in [9.17, 15) is 5.21 Å². The average molecular weight is 203 g/mol. The largest absolute Gasteiger partial charge is 0.739 e. The summed E-state index contributed by atoms with van der Waals surface area (Å²) in [7, 11) is 0. The van der Waals surface area contributed by atoms with Gasteiger partial charge in [0.2, 0.25) is 0 Å². The summed E-state index contributed by atoms with van der Waals surface area (Å²) in [5.74, 6) is 0. The Morgan fingerprint density at radius 1 is 1.29 bits per heavy atom. The van der Waals surface area contributed by atoms with E-state index in [0.29, 0.717) is 5.70 Å². The van der Waals surface area contributed by atoms with Crippen LogP contribution in [-0.2, 0) is 0 Å². The van der Waals surface area contributed by atoms with Crippen molar-refractivity contribution in [3.05, 3.63) is 52.3 Å². The first-order valence-corrected chi connectivity index (χ1v) is 5.14. The number of nitrogens with zero attached hydrogens (tertiary/aromatic N) is 1. The first-order valence-electron chi connectivity index (χ1n) is 4.26. The van der Waals surface area contributed by atoms with E-state index in [2.05, 4.69) is 11.5 Å². The fraction of sp³-hybridized carbons (Fsp3) is 0. The number of rotatable bonds is 0. The van der Waals surface area contributed by atoms with Gasteiger partial charge in [-0.25, -0.2) is 0 Å². The van der Waals surface area contributed by atoms with Crippen LogP contribution in [0.2, 0.25) is 0 Å². The van der Waals surface area contributed by atoms with Crippen LogP contribution in [0, 0.1) is 5.21 Å². The molecule has 0 fully saturated rings. The second-order valence-electron chi connectivity index (χ2n) is 3.10. The number of nitrogens with one attached hydrogen (secondary N) is 1. The Balaban J connectivity index is 2.17. The Hall–Kier alpha value is -1.39. The van der Waals surface area contributed by atoms with Crippen molar-refractivity contribution in [3.63, 3.8) is 0 Å². The molecule has 0 spiro atoms. The molecular formula is C10H7N2OS-. The Morgan fingerprint density at radius 3 is 3.07 bits per heavy atom. The lowest BCUT2D eigenvalue weighted by molar-refractivity contribution is 0.436. The molecule has 0 aromatic heterocycles. The molecule has 4 heteroatoms. The summed E-state index contributed by atoms with van der Waals surface area (Å²) in [5.41, 5.74) is 5.45. The second kappa shape index (κ2) is 2.80. The smallest absolute Gasteiger partial charge is 0.0611 e. The molecule has 0 amide bonds. The van der Waals surface area contributed by atoms with Gasteiger partial charge in [-0.3, -0.25) is 0 Å². The van der Waals surface area contributed by atoms with Crippen LogP contribution in [0.15, 0.2) is 46.5 Å². The third-order valence-corrected chi connectivity index (χ3v) is 3.25. The minimum atomic E-state index is 0.703. The first kappa shape index (κ1) is 7.96. The first-order chi connectivity index (χ1) is 6.86. The van der Waals surface area contributed by atoms with Gasteiger partial charge in [0.25, 0.3) is 0 Å². The van der Waals surface area contributed by atoms with E-state index in [-0.39, 0.29) is 0 Å². The van der Waals surface area contributed by atoms with Crippen molar-refractivity contribution in [2.45, 2.75) is 4.90 Å². The van der Waals surface area contributed by atoms with Gasteiger partial charge in [-0.15, -0.1) is 0 Å². The van der Waals surface area contributed by atoms with Crippen LogP contribution in [0.4, 0.5) is 0 Å². The molecule has 1 N–H and O–H groups in total. The molecule has 0 unspecified atom stereocenters. The summed E-state index contributed by atoms with van der Waals surface area (Å²) in [4.78, 5) is 1.19. The minimum Gasteiger partial charge on any atom is -0.739 e. The van der Waals surface area contributed by atoms with Gasteiger partial charge in [0, 0.05) is 22.1 Å². The summed E-state index contributed by atoms with van der Waals surface area (Å²) in [6.45, 7) is 0. The monoisotopic (exact) mass is 203 g/mol. The van der Waals surface area contributed by atoms with Crippen molar-refractivity contribution in [1.82, 2.24) is 10.6 Å². The number of fused-ring (bicyclic) bond motifs is 3. The molecular weight excluding hydrogens is 196 g/mol. The third kappa shape index (κ3) is 0.981. The van der Waals surface area contributed by atoms with Crippen LogP contribution < -0.4 is 5.43 Å². The summed E-state index contributed by atoms with van der Waals surface area (Å²) in [6, 6.07) is 8.07. The number of thioether (sulfide) groups is 1. The highest BCUT2D eigenvalue weighted by molar-refractivity contribution is 8.02. The predicted octanol–water partition coefficient (Wildman–Crippen LogP) is 2.29. The van der Waals surface area contributed by atoms with Crippen molar-refractivity contribution >= 4 is 17.3 Å². The summed E-state index contributed by atoms with van der Waals surface area (Å²) in [6.07, 6.45) is 1.75. The lowest BCUT2D eigenvalue weighted by atomic mass is 10.1. The lowest BCUT2D eigenvalue weighted by Gasteiger charge is -2.28. The van der Waals surface area contributed by atoms with Crippen LogP contribution in [-0.4, -0.2) is 5.17 Å². The molecule has 3 rings (SSSR count). The summed E-state index contributed by atoms with van der Waals surface area (Å²) >= 11 is 1.58. The molecule has 3 nitrogen and oxygen atoms in total. The van der Waals surface area contributed by atoms with Crippen molar-refractivity contribution in [3.8, 4) is 0 Å². The van der Waals surface area contributed by atoms with Gasteiger partial charge in [0.1, 0.15) is 0 Å². The zero-order valence-corrected chi connectivity index (χ0v) is 8.04. The standard InChI is InChI=1S/C10H7N2OS/c13-12-9-6-14-10-4-2-1-3-7(10)8(9)5-11-12/h1-6,11H/q-1. The van der Waals surface area contributed by atoms with Crippen LogP contribution in [0.25, 0.3) is 5.57 Å². The van der Waals surface area contributed by atoms with Crippen molar-refractivity contribution in [1.29, 1.82) is 0 Å². The molecule has 0 aliphatic carbocycles. The highest BCUT2D eigenvalue weighted by Gasteiger charge is 2.21. The predicted molar refractivity (Wildman–Crippen MR) is 56.7 cm³/mol. The normalized spacial score (nSPS) is 17.9. The van der Waals surface area contributed by atoms with E-state index >= 15 is 0 Å². The topological polar surface area (TPSA) is 38.3 Å². The summed E-state index contributed by atoms with van der Waals surface area (Å²) < 4.78 is 0. The molecule has 0 bridgehead atoms. The van der Waals surface area contributed by atoms with Gasteiger partial charge in [-0.1, -0.05) is 30.0 Å².